The number of fused-ring (bicyclic) bond motifs is 10. The molecule has 8 heteroatoms. The average Bonchev–Trinajstić information content (AvgIpc) is 3.39. The molecule has 0 aromatic carbocycles. The van der Waals surface area contributed by atoms with Crippen LogP contribution >= 0.6 is 0 Å². The maximum absolute atomic E-state index is 18.8. The second-order valence-corrected chi connectivity index (χ2v) is 19.0. The summed E-state index contributed by atoms with van der Waals surface area (Å²) in [4.78, 5) is 38.2. The van der Waals surface area contributed by atoms with Gasteiger partial charge in [0.05, 0.1) is 11.2 Å². The van der Waals surface area contributed by atoms with Crippen molar-refractivity contribution in [3.8, 4) is 0 Å². The van der Waals surface area contributed by atoms with Crippen molar-refractivity contribution in [2.75, 3.05) is 0 Å². The van der Waals surface area contributed by atoms with Crippen LogP contribution in [0.5, 0.6) is 0 Å². The molecule has 0 heterocycles. The summed E-state index contributed by atoms with van der Waals surface area (Å²) in [5, 5.41) is 23.5. The van der Waals surface area contributed by atoms with Gasteiger partial charge in [-0.15, -0.1) is 0 Å². The van der Waals surface area contributed by atoms with Crippen LogP contribution in [-0.4, -0.2) is 56.5 Å². The van der Waals surface area contributed by atoms with Crippen LogP contribution in [0.15, 0.2) is 23.3 Å². The fourth-order valence-electron chi connectivity index (χ4n) is 13.8. The number of allylic oxidation sites excluding steroid dienone is 2. The summed E-state index contributed by atoms with van der Waals surface area (Å²) in [6.07, 6.45) is 7.86. The Morgan fingerprint density at radius 1 is 0.583 bits per heavy atom. The molecule has 6 fully saturated rings. The number of aliphatic hydroxyl groups is 2. The van der Waals surface area contributed by atoms with Crippen LogP contribution in [0.4, 0.5) is 8.78 Å². The van der Waals surface area contributed by atoms with E-state index >= 15 is 8.78 Å². The first kappa shape index (κ1) is 33.7. The molecular formula is C40H56F2O6. The second kappa shape index (κ2) is 10.1. The molecule has 0 spiro atoms. The van der Waals surface area contributed by atoms with E-state index in [-0.39, 0.29) is 49.1 Å². The monoisotopic (exact) mass is 670 g/mol. The van der Waals surface area contributed by atoms with Gasteiger partial charge in [0.2, 0.25) is 0 Å². The molecule has 0 radical (unpaired) electrons. The molecule has 8 aliphatic carbocycles. The van der Waals surface area contributed by atoms with Crippen LogP contribution in [0.1, 0.15) is 131 Å². The summed E-state index contributed by atoms with van der Waals surface area (Å²) < 4.78 is 37.5. The third-order valence-corrected chi connectivity index (χ3v) is 17.4. The predicted molar refractivity (Wildman–Crippen MR) is 176 cm³/mol. The molecule has 0 aromatic heterocycles. The van der Waals surface area contributed by atoms with Gasteiger partial charge in [-0.25, -0.2) is 18.6 Å². The molecule has 14 unspecified atom stereocenters. The van der Waals surface area contributed by atoms with Crippen LogP contribution < -0.4 is 0 Å². The average molecular weight is 671 g/mol. The molecule has 8 rings (SSSR count). The standard InChI is InChI=1S/C40H56F2O6/c1-33-15-11-25(43)19-23(33)7-9-29-27-13-17-37(5,45)35(27,3)21-31(39(29,33)41)47-48-32-22-36(4)28(14-18-38(36,6)46)30-10-8-24-20-26(44)12-16-34(24,2)40(30,32)42/h19-20,27-32,45-46H,7-18,21-22H2,1-6H3. The number of hydrogen-bond acceptors (Lipinski definition) is 6. The Morgan fingerprint density at radius 2 is 0.958 bits per heavy atom. The molecule has 48 heavy (non-hydrogen) atoms. The van der Waals surface area contributed by atoms with Gasteiger partial charge in [0.25, 0.3) is 0 Å². The summed E-state index contributed by atoms with van der Waals surface area (Å²) in [6, 6.07) is 0. The van der Waals surface area contributed by atoms with Crippen LogP contribution in [0.2, 0.25) is 0 Å². The Hall–Kier alpha value is -1.48. The quantitative estimate of drug-likeness (QED) is 0.237. The summed E-state index contributed by atoms with van der Waals surface area (Å²) in [5.41, 5.74) is -7.30. The lowest BCUT2D eigenvalue weighted by Crippen LogP contribution is -2.70. The lowest BCUT2D eigenvalue weighted by Gasteiger charge is -2.65. The first-order valence-corrected chi connectivity index (χ1v) is 18.9. The summed E-state index contributed by atoms with van der Waals surface area (Å²) >= 11 is 0. The predicted octanol–water partition coefficient (Wildman–Crippen LogP) is 7.64. The van der Waals surface area contributed by atoms with Crippen molar-refractivity contribution in [2.45, 2.75) is 166 Å². The lowest BCUT2D eigenvalue weighted by atomic mass is 9.44. The highest BCUT2D eigenvalue weighted by atomic mass is 19.1. The van der Waals surface area contributed by atoms with Gasteiger partial charge in [0, 0.05) is 46.3 Å². The Balaban J connectivity index is 1.22. The van der Waals surface area contributed by atoms with Crippen molar-refractivity contribution < 1.29 is 38.4 Å². The van der Waals surface area contributed by atoms with Crippen molar-refractivity contribution >= 4 is 11.6 Å². The van der Waals surface area contributed by atoms with Crippen LogP contribution in [-0.2, 0) is 19.4 Å². The van der Waals surface area contributed by atoms with E-state index in [0.29, 0.717) is 51.4 Å². The van der Waals surface area contributed by atoms with E-state index in [0.717, 1.165) is 24.0 Å². The number of ketones is 2. The summed E-state index contributed by atoms with van der Waals surface area (Å²) in [6.45, 7) is 11.7. The maximum atomic E-state index is 18.8. The van der Waals surface area contributed by atoms with E-state index in [1.807, 2.05) is 27.7 Å². The van der Waals surface area contributed by atoms with Crippen LogP contribution in [0, 0.1) is 45.3 Å². The molecule has 14 atom stereocenters. The molecule has 8 aliphatic rings. The molecule has 2 N–H and O–H groups in total. The number of halogens is 2. The summed E-state index contributed by atoms with van der Waals surface area (Å²) in [7, 11) is 0. The van der Waals surface area contributed by atoms with Crippen molar-refractivity contribution in [3.63, 3.8) is 0 Å². The van der Waals surface area contributed by atoms with Gasteiger partial charge in [-0.2, -0.15) is 0 Å². The maximum Gasteiger partial charge on any atom is 0.155 e. The van der Waals surface area contributed by atoms with E-state index in [2.05, 4.69) is 13.8 Å². The van der Waals surface area contributed by atoms with Gasteiger partial charge in [-0.05, 0) is 115 Å². The Morgan fingerprint density at radius 3 is 1.33 bits per heavy atom. The molecule has 6 saturated carbocycles. The minimum Gasteiger partial charge on any atom is -0.390 e. The van der Waals surface area contributed by atoms with Crippen LogP contribution in [0.3, 0.4) is 0 Å². The van der Waals surface area contributed by atoms with Crippen molar-refractivity contribution in [1.82, 2.24) is 0 Å². The highest BCUT2D eigenvalue weighted by Crippen LogP contribution is 2.73. The minimum atomic E-state index is -1.88. The first-order valence-electron chi connectivity index (χ1n) is 18.9. The molecule has 0 amide bonds. The third kappa shape index (κ3) is 3.87. The highest BCUT2D eigenvalue weighted by Gasteiger charge is 2.76. The smallest absolute Gasteiger partial charge is 0.155 e. The first-order chi connectivity index (χ1) is 22.3. The minimum absolute atomic E-state index is 0.0297. The zero-order valence-corrected chi connectivity index (χ0v) is 29.8. The SMILES string of the molecule is CC1(O)CCC2C3CCC4=CC(=O)CCC4(C)C3(F)C(OOC3CC4(C)C(CCC4(C)O)C4CCC5=CC(=O)CCC5(C)C34F)CC21C. The second-order valence-electron chi connectivity index (χ2n) is 19.0. The number of carbonyl (C=O) groups excluding carboxylic acids is 2. The van der Waals surface area contributed by atoms with Crippen molar-refractivity contribution in [2.24, 2.45) is 45.3 Å². The van der Waals surface area contributed by atoms with Gasteiger partial charge < -0.3 is 10.2 Å². The number of hydrogen-bond donors (Lipinski definition) is 2. The van der Waals surface area contributed by atoms with Gasteiger partial charge >= 0.3 is 0 Å². The summed E-state index contributed by atoms with van der Waals surface area (Å²) in [5.74, 6) is -0.868. The van der Waals surface area contributed by atoms with E-state index in [1.165, 1.54) is 0 Å². The molecular weight excluding hydrogens is 614 g/mol. The number of carbonyl (C=O) groups is 2. The molecule has 0 bridgehead atoms. The molecule has 0 aromatic rings. The van der Waals surface area contributed by atoms with Crippen molar-refractivity contribution in [1.29, 1.82) is 0 Å². The number of rotatable bonds is 3. The van der Waals surface area contributed by atoms with E-state index in [4.69, 9.17) is 9.78 Å². The fraction of sp³-hybridized carbons (Fsp3) is 0.850. The topological polar surface area (TPSA) is 93.1 Å². The Kier molecular flexibility index (Phi) is 7.08. The van der Waals surface area contributed by atoms with Crippen LogP contribution in [0.25, 0.3) is 0 Å². The number of alkyl halides is 2. The Bertz CT molecular complexity index is 1390. The van der Waals surface area contributed by atoms with Gasteiger partial charge in [0.1, 0.15) is 12.2 Å². The molecule has 0 aliphatic heterocycles. The highest BCUT2D eigenvalue weighted by molar-refractivity contribution is 5.92. The lowest BCUT2D eigenvalue weighted by molar-refractivity contribution is -0.429. The Labute approximate surface area is 284 Å². The largest absolute Gasteiger partial charge is 0.390 e. The zero-order chi connectivity index (χ0) is 34.5. The third-order valence-electron chi connectivity index (χ3n) is 17.4. The van der Waals surface area contributed by atoms with E-state index in [1.54, 1.807) is 12.2 Å². The molecule has 266 valence electrons. The van der Waals surface area contributed by atoms with Gasteiger partial charge in [0.15, 0.2) is 22.9 Å². The molecule has 6 nitrogen and oxygen atoms in total. The fourth-order valence-corrected chi connectivity index (χ4v) is 13.8. The van der Waals surface area contributed by atoms with E-state index < -0.39 is 68.2 Å². The van der Waals surface area contributed by atoms with Crippen molar-refractivity contribution in [3.05, 3.63) is 23.3 Å². The normalized spacial score (nSPS) is 57.4. The van der Waals surface area contributed by atoms with E-state index in [9.17, 15) is 19.8 Å². The van der Waals surface area contributed by atoms with Gasteiger partial charge in [-0.3, -0.25) is 9.59 Å². The zero-order valence-electron chi connectivity index (χ0n) is 29.8. The molecule has 0 saturated heterocycles. The van der Waals surface area contributed by atoms with Gasteiger partial charge in [-0.1, -0.05) is 38.8 Å².